The van der Waals surface area contributed by atoms with Crippen molar-refractivity contribution < 1.29 is 9.90 Å². The predicted octanol–water partition coefficient (Wildman–Crippen LogP) is 1.51. The number of likely N-dealkylation sites (tertiary alicyclic amines) is 1. The van der Waals surface area contributed by atoms with Gasteiger partial charge < -0.3 is 10.0 Å². The minimum atomic E-state index is -0.0824. The van der Waals surface area contributed by atoms with Gasteiger partial charge in [0, 0.05) is 43.5 Å². The zero-order chi connectivity index (χ0) is 17.1. The first-order valence-electron chi connectivity index (χ1n) is 8.38. The Labute approximate surface area is 141 Å². The van der Waals surface area contributed by atoms with Crippen LogP contribution in [0.3, 0.4) is 0 Å². The monoisotopic (exact) mass is 329 g/mol. The molecule has 3 rings (SSSR count). The Kier molecular flexibility index (Phi) is 4.89. The number of carbonyl (C=O) groups is 1. The van der Waals surface area contributed by atoms with E-state index in [9.17, 15) is 9.90 Å². The van der Waals surface area contributed by atoms with E-state index in [1.807, 2.05) is 24.9 Å². The lowest BCUT2D eigenvalue weighted by Gasteiger charge is -2.32. The molecule has 1 aliphatic heterocycles. The molecule has 0 radical (unpaired) electrons. The average molecular weight is 329 g/mol. The average Bonchev–Trinajstić information content (AvgIpc) is 3.10. The number of piperidine rings is 1. The van der Waals surface area contributed by atoms with E-state index in [-0.39, 0.29) is 18.4 Å². The van der Waals surface area contributed by atoms with Gasteiger partial charge in [-0.2, -0.15) is 5.10 Å². The number of hydrogen-bond donors (Lipinski definition) is 1. The topological polar surface area (TPSA) is 84.1 Å². The SMILES string of the molecule is CCn1ccc(C(=O)N2CCCC(c3nc(C)ncc3CO)C2)n1. The molecule has 2 aromatic rings. The number of aliphatic hydroxyl groups excluding tert-OH is 1. The van der Waals surface area contributed by atoms with Gasteiger partial charge in [0.25, 0.3) is 5.91 Å². The molecule has 0 spiro atoms. The molecule has 3 heterocycles. The summed E-state index contributed by atoms with van der Waals surface area (Å²) < 4.78 is 1.76. The van der Waals surface area contributed by atoms with Crippen molar-refractivity contribution in [3.63, 3.8) is 0 Å². The second kappa shape index (κ2) is 7.09. The Morgan fingerprint density at radius 1 is 1.46 bits per heavy atom. The molecule has 1 atom stereocenters. The van der Waals surface area contributed by atoms with Crippen LogP contribution in [0.1, 0.15) is 53.3 Å². The van der Waals surface area contributed by atoms with Crippen molar-refractivity contribution in [2.75, 3.05) is 13.1 Å². The number of rotatable bonds is 4. The summed E-state index contributed by atoms with van der Waals surface area (Å²) in [7, 11) is 0. The van der Waals surface area contributed by atoms with Crippen LogP contribution in [0, 0.1) is 6.92 Å². The van der Waals surface area contributed by atoms with E-state index < -0.39 is 0 Å². The molecule has 1 unspecified atom stereocenters. The summed E-state index contributed by atoms with van der Waals surface area (Å²) in [5.74, 6) is 0.773. The Morgan fingerprint density at radius 3 is 3.00 bits per heavy atom. The smallest absolute Gasteiger partial charge is 0.274 e. The van der Waals surface area contributed by atoms with Gasteiger partial charge in [0.2, 0.25) is 0 Å². The molecule has 7 nitrogen and oxygen atoms in total. The Bertz CT molecular complexity index is 728. The van der Waals surface area contributed by atoms with Gasteiger partial charge in [-0.25, -0.2) is 9.97 Å². The van der Waals surface area contributed by atoms with E-state index in [4.69, 9.17) is 0 Å². The standard InChI is InChI=1S/C17H23N5O2/c1-3-22-8-6-15(20-22)17(24)21-7-4-5-13(10-21)16-14(11-23)9-18-12(2)19-16/h6,8-9,13,23H,3-5,7,10-11H2,1-2H3. The van der Waals surface area contributed by atoms with Crippen molar-refractivity contribution in [3.05, 3.63) is 41.2 Å². The van der Waals surface area contributed by atoms with Gasteiger partial charge in [0.15, 0.2) is 0 Å². The fourth-order valence-electron chi connectivity index (χ4n) is 3.19. The van der Waals surface area contributed by atoms with Crippen molar-refractivity contribution in [1.29, 1.82) is 0 Å². The maximum absolute atomic E-state index is 12.7. The van der Waals surface area contributed by atoms with Crippen LogP contribution in [0.4, 0.5) is 0 Å². The van der Waals surface area contributed by atoms with Gasteiger partial charge in [-0.15, -0.1) is 0 Å². The molecular formula is C17H23N5O2. The first kappa shape index (κ1) is 16.6. The number of aromatic nitrogens is 4. The molecule has 0 aliphatic carbocycles. The molecule has 0 bridgehead atoms. The second-order valence-corrected chi connectivity index (χ2v) is 6.13. The van der Waals surface area contributed by atoms with E-state index >= 15 is 0 Å². The first-order valence-corrected chi connectivity index (χ1v) is 8.38. The molecule has 0 aromatic carbocycles. The van der Waals surface area contributed by atoms with Gasteiger partial charge >= 0.3 is 0 Å². The zero-order valence-electron chi connectivity index (χ0n) is 14.1. The minimum absolute atomic E-state index is 0.0387. The summed E-state index contributed by atoms with van der Waals surface area (Å²) in [6.07, 6.45) is 5.38. The Balaban J connectivity index is 1.79. The molecule has 1 aliphatic rings. The van der Waals surface area contributed by atoms with Crippen molar-refractivity contribution in [2.24, 2.45) is 0 Å². The highest BCUT2D eigenvalue weighted by atomic mass is 16.3. The zero-order valence-corrected chi connectivity index (χ0v) is 14.1. The first-order chi connectivity index (χ1) is 11.6. The van der Waals surface area contributed by atoms with Crippen LogP contribution in [0.15, 0.2) is 18.5 Å². The molecule has 24 heavy (non-hydrogen) atoms. The van der Waals surface area contributed by atoms with E-state index in [1.165, 1.54) is 0 Å². The fourth-order valence-corrected chi connectivity index (χ4v) is 3.19. The third-order valence-corrected chi connectivity index (χ3v) is 4.47. The molecule has 0 saturated carbocycles. The predicted molar refractivity (Wildman–Crippen MR) is 88.5 cm³/mol. The van der Waals surface area contributed by atoms with Crippen LogP contribution in [0.2, 0.25) is 0 Å². The normalized spacial score (nSPS) is 18.0. The molecule has 1 saturated heterocycles. The Morgan fingerprint density at radius 2 is 2.29 bits per heavy atom. The lowest BCUT2D eigenvalue weighted by atomic mass is 9.92. The lowest BCUT2D eigenvalue weighted by Crippen LogP contribution is -2.39. The summed E-state index contributed by atoms with van der Waals surface area (Å²) in [5, 5.41) is 13.9. The highest BCUT2D eigenvalue weighted by Crippen LogP contribution is 2.28. The van der Waals surface area contributed by atoms with Crippen molar-refractivity contribution in [3.8, 4) is 0 Å². The number of aliphatic hydroxyl groups is 1. The second-order valence-electron chi connectivity index (χ2n) is 6.13. The maximum atomic E-state index is 12.7. The molecule has 2 aromatic heterocycles. The highest BCUT2D eigenvalue weighted by Gasteiger charge is 2.28. The van der Waals surface area contributed by atoms with E-state index in [0.29, 0.717) is 18.1 Å². The summed E-state index contributed by atoms with van der Waals surface area (Å²) in [6.45, 7) is 5.82. The minimum Gasteiger partial charge on any atom is -0.392 e. The van der Waals surface area contributed by atoms with Crippen molar-refractivity contribution in [2.45, 2.75) is 45.8 Å². The molecule has 1 amide bonds. The summed E-state index contributed by atoms with van der Waals surface area (Å²) in [6, 6.07) is 1.77. The van der Waals surface area contributed by atoms with Crippen LogP contribution < -0.4 is 0 Å². The Hall–Kier alpha value is -2.28. The van der Waals surface area contributed by atoms with Crippen molar-refractivity contribution in [1.82, 2.24) is 24.6 Å². The van der Waals surface area contributed by atoms with Crippen LogP contribution in [0.5, 0.6) is 0 Å². The molecule has 1 fully saturated rings. The third kappa shape index (κ3) is 3.31. The van der Waals surface area contributed by atoms with Crippen LogP contribution >= 0.6 is 0 Å². The van der Waals surface area contributed by atoms with Crippen LogP contribution in [0.25, 0.3) is 0 Å². The van der Waals surface area contributed by atoms with Crippen molar-refractivity contribution >= 4 is 5.91 Å². The highest BCUT2D eigenvalue weighted by molar-refractivity contribution is 5.92. The van der Waals surface area contributed by atoms with E-state index in [1.54, 1.807) is 16.9 Å². The number of carbonyl (C=O) groups excluding carboxylic acids is 1. The van der Waals surface area contributed by atoms with Crippen LogP contribution in [-0.2, 0) is 13.2 Å². The number of nitrogens with zero attached hydrogens (tertiary/aromatic N) is 5. The summed E-state index contributed by atoms with van der Waals surface area (Å²) >= 11 is 0. The number of aryl methyl sites for hydroxylation is 2. The molecule has 7 heteroatoms. The summed E-state index contributed by atoms with van der Waals surface area (Å²) in [4.78, 5) is 23.2. The van der Waals surface area contributed by atoms with E-state index in [2.05, 4.69) is 15.1 Å². The number of amides is 1. The third-order valence-electron chi connectivity index (χ3n) is 4.47. The van der Waals surface area contributed by atoms with E-state index in [0.717, 1.165) is 37.2 Å². The number of hydrogen-bond acceptors (Lipinski definition) is 5. The molecular weight excluding hydrogens is 306 g/mol. The van der Waals surface area contributed by atoms with Gasteiger partial charge in [0.1, 0.15) is 11.5 Å². The van der Waals surface area contributed by atoms with Gasteiger partial charge in [-0.1, -0.05) is 0 Å². The fraction of sp³-hybridized carbons (Fsp3) is 0.529. The maximum Gasteiger partial charge on any atom is 0.274 e. The molecule has 128 valence electrons. The van der Waals surface area contributed by atoms with Gasteiger partial charge in [-0.3, -0.25) is 9.48 Å². The molecule has 1 N–H and O–H groups in total. The summed E-state index contributed by atoms with van der Waals surface area (Å²) in [5.41, 5.74) is 2.09. The largest absolute Gasteiger partial charge is 0.392 e. The van der Waals surface area contributed by atoms with Gasteiger partial charge in [0.05, 0.1) is 12.3 Å². The quantitative estimate of drug-likeness (QED) is 0.919. The lowest BCUT2D eigenvalue weighted by molar-refractivity contribution is 0.0698. The van der Waals surface area contributed by atoms with Crippen LogP contribution in [-0.4, -0.2) is 48.8 Å². The van der Waals surface area contributed by atoms with Gasteiger partial charge in [-0.05, 0) is 32.8 Å².